The van der Waals surface area contributed by atoms with Gasteiger partial charge in [-0.1, -0.05) is 29.8 Å². The fraction of sp³-hybridized carbons (Fsp3) is 0.333. The minimum atomic E-state index is -0.356. The summed E-state index contributed by atoms with van der Waals surface area (Å²) >= 11 is 6.12. The molecule has 0 radical (unpaired) electrons. The molecule has 1 heterocycles. The number of carbonyl (C=O) groups is 2. The number of hydrogen-bond donors (Lipinski definition) is 0. The number of hydrogen-bond acceptors (Lipinski definition) is 4. The van der Waals surface area contributed by atoms with Gasteiger partial charge in [-0.25, -0.2) is 0 Å². The van der Waals surface area contributed by atoms with E-state index in [1.807, 2.05) is 41.3 Å². The number of benzene rings is 2. The van der Waals surface area contributed by atoms with Crippen LogP contribution in [0.15, 0.2) is 48.5 Å². The predicted molar refractivity (Wildman–Crippen MR) is 105 cm³/mol. The summed E-state index contributed by atoms with van der Waals surface area (Å²) in [6.45, 7) is 6.19. The van der Waals surface area contributed by atoms with E-state index >= 15 is 0 Å². The SMILES string of the molecule is CC(=O)Oc1ccc(Cl)cc1CN1CCN(C(=O)c2ccccc2)C(C)C1. The summed E-state index contributed by atoms with van der Waals surface area (Å²) in [5, 5.41) is 0.604. The van der Waals surface area contributed by atoms with Crippen molar-refractivity contribution in [1.82, 2.24) is 9.80 Å². The van der Waals surface area contributed by atoms with E-state index in [4.69, 9.17) is 16.3 Å². The van der Waals surface area contributed by atoms with Crippen LogP contribution in [0.1, 0.15) is 29.8 Å². The first-order valence-corrected chi connectivity index (χ1v) is 9.37. The number of nitrogens with zero attached hydrogens (tertiary/aromatic N) is 2. The van der Waals surface area contributed by atoms with Crippen LogP contribution in [-0.4, -0.2) is 47.4 Å². The first-order valence-electron chi connectivity index (χ1n) is 8.99. The van der Waals surface area contributed by atoms with E-state index in [0.29, 0.717) is 29.4 Å². The molecule has 5 nitrogen and oxygen atoms in total. The van der Waals surface area contributed by atoms with Crippen molar-refractivity contribution in [3.63, 3.8) is 0 Å². The molecule has 142 valence electrons. The Morgan fingerprint density at radius 1 is 1.15 bits per heavy atom. The first-order chi connectivity index (χ1) is 12.9. The number of carbonyl (C=O) groups excluding carboxylic acids is 2. The second-order valence-electron chi connectivity index (χ2n) is 6.79. The van der Waals surface area contributed by atoms with Gasteiger partial charge >= 0.3 is 5.97 Å². The Hall–Kier alpha value is -2.37. The highest BCUT2D eigenvalue weighted by Crippen LogP contribution is 2.26. The van der Waals surface area contributed by atoms with E-state index in [-0.39, 0.29) is 17.9 Å². The Balaban J connectivity index is 1.68. The molecule has 1 saturated heterocycles. The van der Waals surface area contributed by atoms with Gasteiger partial charge < -0.3 is 9.64 Å². The largest absolute Gasteiger partial charge is 0.426 e. The van der Waals surface area contributed by atoms with Crippen molar-refractivity contribution < 1.29 is 14.3 Å². The Bertz CT molecular complexity index is 825. The summed E-state index contributed by atoms with van der Waals surface area (Å²) < 4.78 is 5.30. The van der Waals surface area contributed by atoms with Crippen molar-refractivity contribution in [2.45, 2.75) is 26.4 Å². The summed E-state index contributed by atoms with van der Waals surface area (Å²) in [7, 11) is 0. The molecule has 0 N–H and O–H groups in total. The van der Waals surface area contributed by atoms with E-state index in [9.17, 15) is 9.59 Å². The van der Waals surface area contributed by atoms with E-state index in [2.05, 4.69) is 11.8 Å². The summed E-state index contributed by atoms with van der Waals surface area (Å²) in [6, 6.07) is 14.7. The molecule has 1 atom stereocenters. The summed E-state index contributed by atoms with van der Waals surface area (Å²) in [4.78, 5) is 28.2. The van der Waals surface area contributed by atoms with Crippen molar-refractivity contribution in [2.24, 2.45) is 0 Å². The highest BCUT2D eigenvalue weighted by molar-refractivity contribution is 6.30. The Kier molecular flexibility index (Phi) is 6.14. The minimum absolute atomic E-state index is 0.0612. The quantitative estimate of drug-likeness (QED) is 0.595. The number of esters is 1. The zero-order valence-electron chi connectivity index (χ0n) is 15.5. The van der Waals surface area contributed by atoms with Crippen molar-refractivity contribution in [3.05, 3.63) is 64.7 Å². The number of halogens is 1. The lowest BCUT2D eigenvalue weighted by atomic mass is 10.1. The number of piperazine rings is 1. The van der Waals surface area contributed by atoms with Crippen molar-refractivity contribution in [2.75, 3.05) is 19.6 Å². The molecule has 1 fully saturated rings. The van der Waals surface area contributed by atoms with Crippen LogP contribution in [0, 0.1) is 0 Å². The Morgan fingerprint density at radius 3 is 2.56 bits per heavy atom. The standard InChI is InChI=1S/C21H23ClN2O3/c1-15-13-23(10-11-24(15)21(26)17-6-4-3-5-7-17)14-18-12-19(22)8-9-20(18)27-16(2)25/h3-9,12,15H,10-11,13-14H2,1-2H3. The van der Waals surface area contributed by atoms with Gasteiger partial charge in [0.2, 0.25) is 0 Å². The maximum atomic E-state index is 12.7. The molecule has 0 aliphatic carbocycles. The highest BCUT2D eigenvalue weighted by Gasteiger charge is 2.28. The molecule has 0 saturated carbocycles. The second kappa shape index (κ2) is 8.55. The van der Waals surface area contributed by atoms with Gasteiger partial charge in [-0.05, 0) is 37.3 Å². The van der Waals surface area contributed by atoms with Crippen LogP contribution >= 0.6 is 11.6 Å². The third-order valence-corrected chi connectivity index (χ3v) is 4.90. The fourth-order valence-electron chi connectivity index (χ4n) is 3.39. The van der Waals surface area contributed by atoms with Crippen LogP contribution in [0.3, 0.4) is 0 Å². The lowest BCUT2D eigenvalue weighted by Crippen LogP contribution is -2.53. The van der Waals surface area contributed by atoms with Gasteiger partial charge in [0.15, 0.2) is 0 Å². The van der Waals surface area contributed by atoms with Crippen LogP contribution in [0.2, 0.25) is 5.02 Å². The van der Waals surface area contributed by atoms with E-state index in [1.165, 1.54) is 6.92 Å². The van der Waals surface area contributed by atoms with Gasteiger partial charge in [-0.3, -0.25) is 14.5 Å². The van der Waals surface area contributed by atoms with Crippen LogP contribution in [0.4, 0.5) is 0 Å². The molecule has 0 bridgehead atoms. The van der Waals surface area contributed by atoms with Gasteiger partial charge in [0.1, 0.15) is 5.75 Å². The third kappa shape index (κ3) is 4.87. The van der Waals surface area contributed by atoms with Crippen molar-refractivity contribution in [3.8, 4) is 5.75 Å². The molecule has 0 aromatic heterocycles. The smallest absolute Gasteiger partial charge is 0.308 e. The number of rotatable bonds is 4. The molecule has 1 amide bonds. The van der Waals surface area contributed by atoms with Gasteiger partial charge in [-0.2, -0.15) is 0 Å². The van der Waals surface area contributed by atoms with Gasteiger partial charge in [0.05, 0.1) is 0 Å². The molecule has 1 aliphatic rings. The van der Waals surface area contributed by atoms with E-state index in [1.54, 1.807) is 12.1 Å². The molecule has 2 aromatic rings. The normalized spacial score (nSPS) is 17.6. The molecule has 2 aromatic carbocycles. The third-order valence-electron chi connectivity index (χ3n) is 4.66. The lowest BCUT2D eigenvalue weighted by molar-refractivity contribution is -0.131. The van der Waals surface area contributed by atoms with Gasteiger partial charge in [0.25, 0.3) is 5.91 Å². The Labute approximate surface area is 164 Å². The molecule has 3 rings (SSSR count). The van der Waals surface area contributed by atoms with Crippen molar-refractivity contribution >= 4 is 23.5 Å². The average molecular weight is 387 g/mol. The molecule has 1 aliphatic heterocycles. The summed E-state index contributed by atoms with van der Waals surface area (Å²) in [6.07, 6.45) is 0. The van der Waals surface area contributed by atoms with Crippen molar-refractivity contribution in [1.29, 1.82) is 0 Å². The maximum absolute atomic E-state index is 12.7. The molecule has 27 heavy (non-hydrogen) atoms. The number of ether oxygens (including phenoxy) is 1. The maximum Gasteiger partial charge on any atom is 0.308 e. The zero-order chi connectivity index (χ0) is 19.4. The van der Waals surface area contributed by atoms with Crippen LogP contribution < -0.4 is 4.74 Å². The number of amides is 1. The molecule has 6 heteroatoms. The molecular weight excluding hydrogens is 364 g/mol. The van der Waals surface area contributed by atoms with E-state index < -0.39 is 0 Å². The van der Waals surface area contributed by atoms with Gasteiger partial charge in [-0.15, -0.1) is 0 Å². The second-order valence-corrected chi connectivity index (χ2v) is 7.23. The average Bonchev–Trinajstić information content (AvgIpc) is 2.64. The lowest BCUT2D eigenvalue weighted by Gasteiger charge is -2.40. The van der Waals surface area contributed by atoms with Crippen LogP contribution in [-0.2, 0) is 11.3 Å². The molecule has 0 spiro atoms. The molecular formula is C21H23ClN2O3. The summed E-state index contributed by atoms with van der Waals surface area (Å²) in [5.41, 5.74) is 1.58. The first kappa shape index (κ1) is 19.4. The Morgan fingerprint density at radius 2 is 1.89 bits per heavy atom. The van der Waals surface area contributed by atoms with Crippen LogP contribution in [0.25, 0.3) is 0 Å². The minimum Gasteiger partial charge on any atom is -0.426 e. The highest BCUT2D eigenvalue weighted by atomic mass is 35.5. The van der Waals surface area contributed by atoms with Crippen LogP contribution in [0.5, 0.6) is 5.75 Å². The fourth-order valence-corrected chi connectivity index (χ4v) is 3.59. The monoisotopic (exact) mass is 386 g/mol. The van der Waals surface area contributed by atoms with Gasteiger partial charge in [0, 0.05) is 55.3 Å². The summed E-state index contributed by atoms with van der Waals surface area (Å²) in [5.74, 6) is 0.235. The zero-order valence-corrected chi connectivity index (χ0v) is 16.3. The topological polar surface area (TPSA) is 49.9 Å². The molecule has 1 unspecified atom stereocenters. The predicted octanol–water partition coefficient (Wildman–Crippen LogP) is 3.61. The van der Waals surface area contributed by atoms with E-state index in [0.717, 1.165) is 18.7 Å².